The molecule has 0 aliphatic carbocycles. The predicted molar refractivity (Wildman–Crippen MR) is 117 cm³/mol. The minimum absolute atomic E-state index is 0.613. The zero-order valence-corrected chi connectivity index (χ0v) is 18.0. The fourth-order valence-electron chi connectivity index (χ4n) is 4.31. The second-order valence-electron chi connectivity index (χ2n) is 8.36. The minimum Gasteiger partial charge on any atom is -0.381 e. The van der Waals surface area contributed by atoms with Crippen molar-refractivity contribution in [2.75, 3.05) is 39.9 Å². The number of benzene rings is 1. The molecule has 2 unspecified atom stereocenters. The highest BCUT2D eigenvalue weighted by atomic mass is 16.5. The second kappa shape index (κ2) is 10.8. The van der Waals surface area contributed by atoms with Crippen LogP contribution in [0.4, 0.5) is 0 Å². The van der Waals surface area contributed by atoms with Crippen molar-refractivity contribution in [1.29, 1.82) is 0 Å². The molecule has 0 spiro atoms. The largest absolute Gasteiger partial charge is 0.381 e. The summed E-state index contributed by atoms with van der Waals surface area (Å²) in [4.78, 5) is 9.86. The van der Waals surface area contributed by atoms with Crippen molar-refractivity contribution in [1.82, 2.24) is 15.1 Å². The lowest BCUT2D eigenvalue weighted by molar-refractivity contribution is 0.152. The minimum atomic E-state index is 0.613. The average Bonchev–Trinajstić information content (AvgIpc) is 3.21. The van der Waals surface area contributed by atoms with Gasteiger partial charge in [-0.3, -0.25) is 4.90 Å². The van der Waals surface area contributed by atoms with Gasteiger partial charge >= 0.3 is 0 Å². The molecule has 0 amide bonds. The Hall–Kier alpha value is -1.59. The quantitative estimate of drug-likeness (QED) is 0.575. The molecular weight excluding hydrogens is 348 g/mol. The Labute approximate surface area is 171 Å². The molecule has 3 rings (SSSR count). The van der Waals surface area contributed by atoms with E-state index in [0.717, 1.165) is 51.8 Å². The van der Waals surface area contributed by atoms with Crippen molar-refractivity contribution < 1.29 is 4.74 Å². The number of hydrogen-bond acceptors (Lipinski definition) is 3. The Morgan fingerprint density at radius 1 is 1.25 bits per heavy atom. The van der Waals surface area contributed by atoms with E-state index in [1.165, 1.54) is 36.9 Å². The number of piperidine rings is 1. The van der Waals surface area contributed by atoms with Gasteiger partial charge in [0.05, 0.1) is 13.2 Å². The van der Waals surface area contributed by atoms with Gasteiger partial charge in [0.25, 0.3) is 0 Å². The van der Waals surface area contributed by atoms with E-state index in [2.05, 4.69) is 60.3 Å². The molecule has 2 heterocycles. The van der Waals surface area contributed by atoms with Gasteiger partial charge in [-0.2, -0.15) is 0 Å². The van der Waals surface area contributed by atoms with Crippen LogP contribution in [0.2, 0.25) is 0 Å². The van der Waals surface area contributed by atoms with Gasteiger partial charge in [0.2, 0.25) is 0 Å². The number of guanidine groups is 1. The fraction of sp³-hybridized carbons (Fsp3) is 0.696. The van der Waals surface area contributed by atoms with E-state index in [-0.39, 0.29) is 0 Å². The number of aliphatic imine (C=N–C) groups is 1. The van der Waals surface area contributed by atoms with E-state index in [1.54, 1.807) is 0 Å². The molecule has 1 aromatic rings. The summed E-state index contributed by atoms with van der Waals surface area (Å²) in [5, 5.41) is 3.46. The molecule has 2 saturated heterocycles. The number of likely N-dealkylation sites (tertiary alicyclic amines) is 1. The summed E-state index contributed by atoms with van der Waals surface area (Å²) in [6.45, 7) is 11.1. The van der Waals surface area contributed by atoms with Crippen LogP contribution >= 0.6 is 0 Å². The van der Waals surface area contributed by atoms with E-state index in [4.69, 9.17) is 9.73 Å². The van der Waals surface area contributed by atoms with E-state index in [1.807, 2.05) is 0 Å². The van der Waals surface area contributed by atoms with E-state index in [9.17, 15) is 0 Å². The van der Waals surface area contributed by atoms with Crippen LogP contribution in [0.1, 0.15) is 50.7 Å². The van der Waals surface area contributed by atoms with Gasteiger partial charge in [0.15, 0.2) is 5.96 Å². The van der Waals surface area contributed by atoms with Crippen LogP contribution in [0.5, 0.6) is 0 Å². The Kier molecular flexibility index (Phi) is 8.16. The molecule has 5 nitrogen and oxygen atoms in total. The van der Waals surface area contributed by atoms with Crippen LogP contribution in [0, 0.1) is 5.92 Å². The molecule has 0 aromatic heterocycles. The molecule has 2 aliphatic rings. The first-order valence-corrected chi connectivity index (χ1v) is 11.1. The van der Waals surface area contributed by atoms with Crippen molar-refractivity contribution in [3.05, 3.63) is 35.4 Å². The lowest BCUT2D eigenvalue weighted by Gasteiger charge is -2.33. The molecule has 1 N–H and O–H groups in total. The summed E-state index contributed by atoms with van der Waals surface area (Å²) in [5.74, 6) is 1.61. The van der Waals surface area contributed by atoms with E-state index < -0.39 is 0 Å². The van der Waals surface area contributed by atoms with Gasteiger partial charge in [0.1, 0.15) is 0 Å². The maximum absolute atomic E-state index is 5.53. The molecule has 0 saturated carbocycles. The zero-order valence-electron chi connectivity index (χ0n) is 18.0. The summed E-state index contributed by atoms with van der Waals surface area (Å²) in [5.41, 5.74) is 2.76. The van der Waals surface area contributed by atoms with Crippen molar-refractivity contribution in [2.45, 2.75) is 58.7 Å². The predicted octanol–water partition coefficient (Wildman–Crippen LogP) is 3.49. The monoisotopic (exact) mass is 386 g/mol. The summed E-state index contributed by atoms with van der Waals surface area (Å²) < 4.78 is 5.53. The molecule has 28 heavy (non-hydrogen) atoms. The Balaban J connectivity index is 1.66. The molecular formula is C23H38N4O. The Bertz CT molecular complexity index is 627. The molecule has 2 aliphatic heterocycles. The number of rotatable bonds is 7. The highest BCUT2D eigenvalue weighted by Gasteiger charge is 2.20. The lowest BCUT2D eigenvalue weighted by atomic mass is 10.0. The van der Waals surface area contributed by atoms with Crippen molar-refractivity contribution in [2.24, 2.45) is 10.9 Å². The van der Waals surface area contributed by atoms with Gasteiger partial charge in [-0.05, 0) is 50.8 Å². The van der Waals surface area contributed by atoms with Crippen LogP contribution in [0.25, 0.3) is 0 Å². The molecule has 156 valence electrons. The van der Waals surface area contributed by atoms with Crippen molar-refractivity contribution in [3.8, 4) is 0 Å². The molecule has 1 aromatic carbocycles. The highest BCUT2D eigenvalue weighted by molar-refractivity contribution is 5.79. The van der Waals surface area contributed by atoms with E-state index >= 15 is 0 Å². The summed E-state index contributed by atoms with van der Waals surface area (Å²) in [6, 6.07) is 9.50. The summed E-state index contributed by atoms with van der Waals surface area (Å²) in [6.07, 6.45) is 5.17. The summed E-state index contributed by atoms with van der Waals surface area (Å²) in [7, 11) is 2.14. The van der Waals surface area contributed by atoms with Crippen LogP contribution in [-0.2, 0) is 17.8 Å². The first-order chi connectivity index (χ1) is 13.7. The highest BCUT2D eigenvalue weighted by Crippen LogP contribution is 2.21. The van der Waals surface area contributed by atoms with Crippen molar-refractivity contribution in [3.63, 3.8) is 0 Å². The van der Waals surface area contributed by atoms with Crippen LogP contribution in [-0.4, -0.2) is 61.7 Å². The SMILES string of the molecule is CCNC(=NCc1ccccc1CN1CCCCC1C)N(C)CC1CCOC1. The average molecular weight is 387 g/mol. The van der Waals surface area contributed by atoms with Crippen LogP contribution in [0.3, 0.4) is 0 Å². The fourth-order valence-corrected chi connectivity index (χ4v) is 4.31. The maximum atomic E-state index is 5.53. The van der Waals surface area contributed by atoms with Gasteiger partial charge < -0.3 is 15.0 Å². The maximum Gasteiger partial charge on any atom is 0.193 e. The number of nitrogens with zero attached hydrogens (tertiary/aromatic N) is 3. The van der Waals surface area contributed by atoms with Gasteiger partial charge in [-0.15, -0.1) is 0 Å². The second-order valence-corrected chi connectivity index (χ2v) is 8.36. The van der Waals surface area contributed by atoms with Gasteiger partial charge in [0, 0.05) is 45.2 Å². The third-order valence-electron chi connectivity index (χ3n) is 6.08. The number of hydrogen-bond donors (Lipinski definition) is 1. The number of ether oxygens (including phenoxy) is 1. The first kappa shape index (κ1) is 21.1. The molecule has 0 bridgehead atoms. The standard InChI is InChI=1S/C23H38N4O/c1-4-24-23(26(3)16-20-12-14-28-18-20)25-15-21-10-5-6-11-22(21)17-27-13-8-7-9-19(27)2/h5-6,10-11,19-20H,4,7-9,12-18H2,1-3H3,(H,24,25). The lowest BCUT2D eigenvalue weighted by Crippen LogP contribution is -2.41. The smallest absolute Gasteiger partial charge is 0.193 e. The Morgan fingerprint density at radius 3 is 2.79 bits per heavy atom. The molecule has 0 radical (unpaired) electrons. The topological polar surface area (TPSA) is 40.1 Å². The zero-order chi connectivity index (χ0) is 19.8. The third kappa shape index (κ3) is 5.95. The van der Waals surface area contributed by atoms with E-state index in [0.29, 0.717) is 12.0 Å². The third-order valence-corrected chi connectivity index (χ3v) is 6.08. The normalized spacial score (nSPS) is 23.8. The number of nitrogens with one attached hydrogen (secondary N) is 1. The molecule has 2 atom stereocenters. The first-order valence-electron chi connectivity index (χ1n) is 11.1. The molecule has 5 heteroatoms. The molecule has 2 fully saturated rings. The van der Waals surface area contributed by atoms with Crippen LogP contribution in [0.15, 0.2) is 29.3 Å². The Morgan fingerprint density at radius 2 is 2.07 bits per heavy atom. The van der Waals surface area contributed by atoms with Gasteiger partial charge in [-0.1, -0.05) is 30.7 Å². The summed E-state index contributed by atoms with van der Waals surface area (Å²) >= 11 is 0. The van der Waals surface area contributed by atoms with Crippen LogP contribution < -0.4 is 5.32 Å². The van der Waals surface area contributed by atoms with Gasteiger partial charge in [-0.25, -0.2) is 4.99 Å². The van der Waals surface area contributed by atoms with Crippen molar-refractivity contribution >= 4 is 5.96 Å².